The average molecular weight is 256 g/mol. The third-order valence-electron chi connectivity index (χ3n) is 4.06. The first-order valence-corrected chi connectivity index (χ1v) is 7.32. The minimum absolute atomic E-state index is 0.160. The van der Waals surface area contributed by atoms with Crippen molar-refractivity contribution in [3.8, 4) is 6.07 Å². The van der Waals surface area contributed by atoms with Crippen molar-refractivity contribution in [2.24, 2.45) is 5.41 Å². The van der Waals surface area contributed by atoms with Crippen LogP contribution in [0.4, 0.5) is 0 Å². The van der Waals surface area contributed by atoms with Crippen LogP contribution in [0, 0.1) is 16.7 Å². The standard InChI is InChI=1S/C17H24N2/c1-17(2,13-18)9-5-6-10-19-12-15-11-14-7-3-4-8-16(14)15/h3-4,7-8,15,19H,5-6,9-12H2,1-2H3. The Labute approximate surface area is 116 Å². The summed E-state index contributed by atoms with van der Waals surface area (Å²) in [5, 5.41) is 12.5. The molecule has 0 aliphatic heterocycles. The number of nitrogens with zero attached hydrogens (tertiary/aromatic N) is 1. The highest BCUT2D eigenvalue weighted by molar-refractivity contribution is 5.40. The van der Waals surface area contributed by atoms with Gasteiger partial charge >= 0.3 is 0 Å². The Bertz CT molecular complexity index is 457. The SMILES string of the molecule is CC(C)(C#N)CCCCNCC1Cc2ccccc21. The van der Waals surface area contributed by atoms with Crippen molar-refractivity contribution in [2.45, 2.75) is 45.4 Å². The molecule has 0 fully saturated rings. The van der Waals surface area contributed by atoms with Gasteiger partial charge in [-0.1, -0.05) is 30.7 Å². The van der Waals surface area contributed by atoms with Gasteiger partial charge in [0.25, 0.3) is 0 Å². The number of rotatable bonds is 7. The van der Waals surface area contributed by atoms with Gasteiger partial charge < -0.3 is 5.32 Å². The molecule has 0 saturated heterocycles. The topological polar surface area (TPSA) is 35.8 Å². The third kappa shape index (κ3) is 3.81. The van der Waals surface area contributed by atoms with Gasteiger partial charge in [0.05, 0.1) is 11.5 Å². The second-order valence-corrected chi connectivity index (χ2v) is 6.26. The predicted molar refractivity (Wildman–Crippen MR) is 79.0 cm³/mol. The van der Waals surface area contributed by atoms with E-state index in [0.717, 1.165) is 25.9 Å². The number of fused-ring (bicyclic) bond motifs is 1. The van der Waals surface area contributed by atoms with E-state index in [1.807, 2.05) is 13.8 Å². The molecule has 102 valence electrons. The highest BCUT2D eigenvalue weighted by atomic mass is 14.9. The van der Waals surface area contributed by atoms with Gasteiger partial charge in [-0.05, 0) is 50.8 Å². The Hall–Kier alpha value is -1.33. The van der Waals surface area contributed by atoms with E-state index in [-0.39, 0.29) is 5.41 Å². The monoisotopic (exact) mass is 256 g/mol. The van der Waals surface area contributed by atoms with E-state index in [9.17, 15) is 0 Å². The fourth-order valence-electron chi connectivity index (χ4n) is 2.69. The van der Waals surface area contributed by atoms with Crippen LogP contribution in [0.2, 0.25) is 0 Å². The largest absolute Gasteiger partial charge is 0.316 e. The molecule has 0 saturated carbocycles. The van der Waals surface area contributed by atoms with E-state index >= 15 is 0 Å². The highest BCUT2D eigenvalue weighted by Crippen LogP contribution is 2.33. The molecule has 2 nitrogen and oxygen atoms in total. The molecule has 1 aliphatic carbocycles. The van der Waals surface area contributed by atoms with Crippen molar-refractivity contribution in [3.63, 3.8) is 0 Å². The second kappa shape index (κ2) is 6.21. The Kier molecular flexibility index (Phi) is 4.61. The van der Waals surface area contributed by atoms with Gasteiger partial charge in [-0.25, -0.2) is 0 Å². The van der Waals surface area contributed by atoms with Gasteiger partial charge in [0.1, 0.15) is 0 Å². The molecule has 0 bridgehead atoms. The molecule has 2 rings (SSSR count). The van der Waals surface area contributed by atoms with E-state index in [1.54, 1.807) is 0 Å². The number of unbranched alkanes of at least 4 members (excludes halogenated alkanes) is 1. The molecule has 1 aromatic rings. The number of benzene rings is 1. The van der Waals surface area contributed by atoms with Gasteiger partial charge in [0.2, 0.25) is 0 Å². The van der Waals surface area contributed by atoms with Crippen LogP contribution in [0.5, 0.6) is 0 Å². The zero-order chi connectivity index (χ0) is 13.7. The van der Waals surface area contributed by atoms with Crippen molar-refractivity contribution < 1.29 is 0 Å². The Morgan fingerprint density at radius 1 is 1.32 bits per heavy atom. The number of nitrogens with one attached hydrogen (secondary N) is 1. The minimum atomic E-state index is -0.160. The van der Waals surface area contributed by atoms with Crippen LogP contribution in [-0.2, 0) is 6.42 Å². The first-order chi connectivity index (χ1) is 9.12. The lowest BCUT2D eigenvalue weighted by Crippen LogP contribution is -2.29. The van der Waals surface area contributed by atoms with Crippen molar-refractivity contribution in [1.82, 2.24) is 5.32 Å². The van der Waals surface area contributed by atoms with Gasteiger partial charge in [-0.2, -0.15) is 5.26 Å². The minimum Gasteiger partial charge on any atom is -0.316 e. The van der Waals surface area contributed by atoms with E-state index in [0.29, 0.717) is 5.92 Å². The van der Waals surface area contributed by atoms with E-state index in [4.69, 9.17) is 5.26 Å². The molecule has 1 atom stereocenters. The molecule has 0 heterocycles. The first-order valence-electron chi connectivity index (χ1n) is 7.32. The maximum absolute atomic E-state index is 8.94. The average Bonchev–Trinajstić information content (AvgIpc) is 2.38. The van der Waals surface area contributed by atoms with Gasteiger partial charge in [0, 0.05) is 12.5 Å². The van der Waals surface area contributed by atoms with Crippen LogP contribution >= 0.6 is 0 Å². The van der Waals surface area contributed by atoms with Crippen LogP contribution < -0.4 is 5.32 Å². The highest BCUT2D eigenvalue weighted by Gasteiger charge is 2.24. The summed E-state index contributed by atoms with van der Waals surface area (Å²) < 4.78 is 0. The number of hydrogen-bond donors (Lipinski definition) is 1. The van der Waals surface area contributed by atoms with E-state index in [1.165, 1.54) is 24.0 Å². The quantitative estimate of drug-likeness (QED) is 0.756. The predicted octanol–water partition coefficient (Wildman–Crippen LogP) is 3.64. The van der Waals surface area contributed by atoms with Crippen LogP contribution in [-0.4, -0.2) is 13.1 Å². The van der Waals surface area contributed by atoms with Crippen LogP contribution in [0.3, 0.4) is 0 Å². The van der Waals surface area contributed by atoms with Crippen molar-refractivity contribution >= 4 is 0 Å². The van der Waals surface area contributed by atoms with E-state index in [2.05, 4.69) is 35.7 Å². The summed E-state index contributed by atoms with van der Waals surface area (Å²) in [5.41, 5.74) is 2.89. The maximum Gasteiger partial charge on any atom is 0.0683 e. The van der Waals surface area contributed by atoms with Gasteiger partial charge in [-0.15, -0.1) is 0 Å². The van der Waals surface area contributed by atoms with Crippen molar-refractivity contribution in [2.75, 3.05) is 13.1 Å². The Morgan fingerprint density at radius 2 is 2.11 bits per heavy atom. The zero-order valence-corrected chi connectivity index (χ0v) is 12.1. The number of nitriles is 1. The molecular weight excluding hydrogens is 232 g/mol. The van der Waals surface area contributed by atoms with Crippen molar-refractivity contribution in [1.29, 1.82) is 5.26 Å². The lowest BCUT2D eigenvalue weighted by molar-refractivity contribution is 0.419. The molecule has 0 amide bonds. The summed E-state index contributed by atoms with van der Waals surface area (Å²) in [6.07, 6.45) is 4.52. The molecule has 0 radical (unpaired) electrons. The molecule has 0 aromatic heterocycles. The number of hydrogen-bond acceptors (Lipinski definition) is 2. The summed E-state index contributed by atoms with van der Waals surface area (Å²) in [5.74, 6) is 0.715. The molecule has 1 N–H and O–H groups in total. The third-order valence-corrected chi connectivity index (χ3v) is 4.06. The molecule has 19 heavy (non-hydrogen) atoms. The normalized spacial score (nSPS) is 17.4. The first kappa shape index (κ1) is 14.1. The summed E-state index contributed by atoms with van der Waals surface area (Å²) in [6.45, 7) is 6.20. The maximum atomic E-state index is 8.94. The summed E-state index contributed by atoms with van der Waals surface area (Å²) >= 11 is 0. The van der Waals surface area contributed by atoms with Gasteiger partial charge in [-0.3, -0.25) is 0 Å². The lowest BCUT2D eigenvalue weighted by Gasteiger charge is -2.30. The molecular formula is C17H24N2. The Balaban J connectivity index is 1.56. The van der Waals surface area contributed by atoms with Crippen LogP contribution in [0.25, 0.3) is 0 Å². The molecule has 1 unspecified atom stereocenters. The Morgan fingerprint density at radius 3 is 2.84 bits per heavy atom. The molecule has 1 aromatic carbocycles. The fraction of sp³-hybridized carbons (Fsp3) is 0.588. The summed E-state index contributed by atoms with van der Waals surface area (Å²) in [4.78, 5) is 0. The van der Waals surface area contributed by atoms with Gasteiger partial charge in [0.15, 0.2) is 0 Å². The summed E-state index contributed by atoms with van der Waals surface area (Å²) in [7, 11) is 0. The lowest BCUT2D eigenvalue weighted by atomic mass is 9.77. The smallest absolute Gasteiger partial charge is 0.0683 e. The fourth-order valence-corrected chi connectivity index (χ4v) is 2.69. The van der Waals surface area contributed by atoms with E-state index < -0.39 is 0 Å². The molecule has 2 heteroatoms. The summed E-state index contributed by atoms with van der Waals surface area (Å²) in [6, 6.07) is 11.1. The van der Waals surface area contributed by atoms with Crippen LogP contribution in [0.1, 0.15) is 50.2 Å². The second-order valence-electron chi connectivity index (χ2n) is 6.26. The molecule has 1 aliphatic rings. The van der Waals surface area contributed by atoms with Crippen LogP contribution in [0.15, 0.2) is 24.3 Å². The zero-order valence-electron chi connectivity index (χ0n) is 12.1. The van der Waals surface area contributed by atoms with Crippen molar-refractivity contribution in [3.05, 3.63) is 35.4 Å². The molecule has 0 spiro atoms.